The molecule has 0 aliphatic rings. The van der Waals surface area contributed by atoms with Crippen LogP contribution in [0.4, 0.5) is 0 Å². The zero-order valence-corrected chi connectivity index (χ0v) is 10.9. The van der Waals surface area contributed by atoms with Crippen molar-refractivity contribution in [3.63, 3.8) is 0 Å². The van der Waals surface area contributed by atoms with Gasteiger partial charge >= 0.3 is 5.97 Å². The van der Waals surface area contributed by atoms with Crippen molar-refractivity contribution in [2.75, 3.05) is 0 Å². The van der Waals surface area contributed by atoms with E-state index in [4.69, 9.17) is 21.1 Å². The van der Waals surface area contributed by atoms with Gasteiger partial charge in [0.05, 0.1) is 0 Å². The summed E-state index contributed by atoms with van der Waals surface area (Å²) >= 11 is 6.78. The second-order valence-corrected chi connectivity index (χ2v) is 5.21. The lowest BCUT2D eigenvalue weighted by Crippen LogP contribution is -2.10. The number of rotatable bonds is 4. The molecule has 94 valence electrons. The van der Waals surface area contributed by atoms with Crippen LogP contribution in [0, 0.1) is 0 Å². The number of carboxylic acid groups (broad SMARTS) is 1. The highest BCUT2D eigenvalue weighted by molar-refractivity contribution is 8.00. The van der Waals surface area contributed by atoms with E-state index >= 15 is 0 Å². The van der Waals surface area contributed by atoms with E-state index in [1.54, 1.807) is 31.2 Å². The maximum absolute atomic E-state index is 10.7. The molecule has 0 aliphatic heterocycles. The highest BCUT2D eigenvalue weighted by Crippen LogP contribution is 2.26. The summed E-state index contributed by atoms with van der Waals surface area (Å²) in [6.45, 7) is 1.55. The third-order valence-corrected chi connectivity index (χ3v) is 3.30. The van der Waals surface area contributed by atoms with Crippen LogP contribution in [0.25, 0.3) is 11.5 Å². The topological polar surface area (TPSA) is 76.2 Å². The van der Waals surface area contributed by atoms with Gasteiger partial charge in [-0.3, -0.25) is 4.79 Å². The van der Waals surface area contributed by atoms with Gasteiger partial charge in [-0.2, -0.15) is 0 Å². The van der Waals surface area contributed by atoms with Crippen molar-refractivity contribution in [2.45, 2.75) is 17.4 Å². The lowest BCUT2D eigenvalue weighted by molar-refractivity contribution is -0.136. The molecular weight excluding hydrogens is 276 g/mol. The third kappa shape index (κ3) is 3.02. The Morgan fingerprint density at radius 1 is 1.39 bits per heavy atom. The van der Waals surface area contributed by atoms with Crippen molar-refractivity contribution in [3.8, 4) is 11.5 Å². The van der Waals surface area contributed by atoms with E-state index in [2.05, 4.69) is 10.2 Å². The Kier molecular flexibility index (Phi) is 3.88. The highest BCUT2D eigenvalue weighted by atomic mass is 35.5. The Morgan fingerprint density at radius 3 is 2.67 bits per heavy atom. The minimum atomic E-state index is -0.925. The van der Waals surface area contributed by atoms with Crippen LogP contribution in [0.15, 0.2) is 33.9 Å². The van der Waals surface area contributed by atoms with Crippen molar-refractivity contribution >= 4 is 29.3 Å². The molecule has 5 nitrogen and oxygen atoms in total. The predicted molar refractivity (Wildman–Crippen MR) is 67.7 cm³/mol. The first-order valence-corrected chi connectivity index (χ1v) is 6.31. The normalized spacial score (nSPS) is 12.3. The van der Waals surface area contributed by atoms with E-state index in [9.17, 15) is 4.79 Å². The number of aliphatic carboxylic acids is 1. The van der Waals surface area contributed by atoms with Crippen molar-refractivity contribution in [1.82, 2.24) is 10.2 Å². The molecule has 0 fully saturated rings. The molecule has 1 N–H and O–H groups in total. The molecule has 1 heterocycles. The summed E-state index contributed by atoms with van der Waals surface area (Å²) in [4.78, 5) is 10.7. The Bertz CT molecular complexity index is 556. The first kappa shape index (κ1) is 12.9. The maximum atomic E-state index is 10.7. The van der Waals surface area contributed by atoms with Crippen LogP contribution in [-0.4, -0.2) is 26.5 Å². The standard InChI is InChI=1S/C11H9ClN2O3S/c1-6(10(15)16)18-11-14-13-9(17-11)7-2-4-8(12)5-3-7/h2-6H,1H3,(H,15,16)/t6-/m1/s1. The smallest absolute Gasteiger partial charge is 0.316 e. The summed E-state index contributed by atoms with van der Waals surface area (Å²) in [6, 6.07) is 6.94. The Balaban J connectivity index is 2.15. The van der Waals surface area contributed by atoms with E-state index in [0.29, 0.717) is 10.9 Å². The number of halogens is 1. The molecule has 18 heavy (non-hydrogen) atoms. The molecule has 0 saturated carbocycles. The molecule has 2 aromatic rings. The molecule has 2 rings (SSSR count). The monoisotopic (exact) mass is 284 g/mol. The van der Waals surface area contributed by atoms with Crippen LogP contribution in [0.5, 0.6) is 0 Å². The summed E-state index contributed by atoms with van der Waals surface area (Å²) < 4.78 is 5.36. The van der Waals surface area contributed by atoms with Crippen molar-refractivity contribution in [2.24, 2.45) is 0 Å². The minimum Gasteiger partial charge on any atom is -0.480 e. The first-order chi connectivity index (χ1) is 8.56. The Labute approximate surface area is 112 Å². The van der Waals surface area contributed by atoms with Gasteiger partial charge in [-0.25, -0.2) is 0 Å². The van der Waals surface area contributed by atoms with Crippen LogP contribution >= 0.6 is 23.4 Å². The second kappa shape index (κ2) is 5.41. The molecule has 0 radical (unpaired) electrons. The predicted octanol–water partition coefficient (Wildman–Crippen LogP) is 2.96. The first-order valence-electron chi connectivity index (χ1n) is 5.05. The van der Waals surface area contributed by atoms with Crippen LogP contribution in [0.1, 0.15) is 6.92 Å². The molecule has 0 aliphatic carbocycles. The van der Waals surface area contributed by atoms with E-state index in [-0.39, 0.29) is 5.22 Å². The van der Waals surface area contributed by atoms with Gasteiger partial charge in [0, 0.05) is 10.6 Å². The number of aromatic nitrogens is 2. The fourth-order valence-corrected chi connectivity index (χ4v) is 1.91. The third-order valence-electron chi connectivity index (χ3n) is 2.12. The van der Waals surface area contributed by atoms with Gasteiger partial charge in [0.1, 0.15) is 5.25 Å². The van der Waals surface area contributed by atoms with Crippen molar-refractivity contribution in [1.29, 1.82) is 0 Å². The maximum Gasteiger partial charge on any atom is 0.316 e. The highest BCUT2D eigenvalue weighted by Gasteiger charge is 2.17. The zero-order valence-electron chi connectivity index (χ0n) is 9.33. The average molecular weight is 285 g/mol. The van der Waals surface area contributed by atoms with Gasteiger partial charge in [0.25, 0.3) is 5.22 Å². The number of thioether (sulfide) groups is 1. The molecule has 0 unspecified atom stereocenters. The molecule has 0 bridgehead atoms. The molecule has 0 spiro atoms. The average Bonchev–Trinajstić information content (AvgIpc) is 2.78. The lowest BCUT2D eigenvalue weighted by atomic mass is 10.2. The van der Waals surface area contributed by atoms with Gasteiger partial charge < -0.3 is 9.52 Å². The number of carbonyl (C=O) groups is 1. The molecule has 0 saturated heterocycles. The number of hydrogen-bond acceptors (Lipinski definition) is 5. The largest absolute Gasteiger partial charge is 0.480 e. The summed E-state index contributed by atoms with van der Waals surface area (Å²) in [5, 5.41) is 16.6. The van der Waals surface area contributed by atoms with Gasteiger partial charge in [-0.1, -0.05) is 23.4 Å². The van der Waals surface area contributed by atoms with Crippen LogP contribution < -0.4 is 0 Å². The van der Waals surface area contributed by atoms with Gasteiger partial charge in [0.2, 0.25) is 5.89 Å². The molecule has 1 aromatic carbocycles. The summed E-state index contributed by atoms with van der Waals surface area (Å²) in [7, 11) is 0. The van der Waals surface area contributed by atoms with Gasteiger partial charge in [-0.15, -0.1) is 10.2 Å². The fraction of sp³-hybridized carbons (Fsp3) is 0.182. The SMILES string of the molecule is C[C@@H](Sc1nnc(-c2ccc(Cl)cc2)o1)C(=O)O. The Hall–Kier alpha value is -1.53. The van der Waals surface area contributed by atoms with Crippen molar-refractivity contribution in [3.05, 3.63) is 29.3 Å². The molecule has 7 heteroatoms. The van der Waals surface area contributed by atoms with Crippen molar-refractivity contribution < 1.29 is 14.3 Å². The van der Waals surface area contributed by atoms with Gasteiger partial charge in [-0.05, 0) is 31.2 Å². The van der Waals surface area contributed by atoms with E-state index in [0.717, 1.165) is 17.3 Å². The number of hydrogen-bond donors (Lipinski definition) is 1. The number of carboxylic acids is 1. The van der Waals surface area contributed by atoms with Crippen LogP contribution in [0.3, 0.4) is 0 Å². The molecule has 1 atom stereocenters. The Morgan fingerprint density at radius 2 is 2.06 bits per heavy atom. The van der Waals surface area contributed by atoms with Crippen LogP contribution in [-0.2, 0) is 4.79 Å². The van der Waals surface area contributed by atoms with Crippen LogP contribution in [0.2, 0.25) is 5.02 Å². The number of nitrogens with zero attached hydrogens (tertiary/aromatic N) is 2. The minimum absolute atomic E-state index is 0.231. The summed E-state index contributed by atoms with van der Waals surface area (Å²) in [5.74, 6) is -0.585. The zero-order chi connectivity index (χ0) is 13.1. The molecule has 1 aromatic heterocycles. The molecule has 0 amide bonds. The van der Waals surface area contributed by atoms with E-state index in [1.807, 2.05) is 0 Å². The summed E-state index contributed by atoms with van der Waals surface area (Å²) in [5.41, 5.74) is 0.738. The second-order valence-electron chi connectivity index (χ2n) is 3.48. The van der Waals surface area contributed by atoms with E-state index < -0.39 is 11.2 Å². The van der Waals surface area contributed by atoms with E-state index in [1.165, 1.54) is 0 Å². The quantitative estimate of drug-likeness (QED) is 0.870. The summed E-state index contributed by atoms with van der Waals surface area (Å²) in [6.07, 6.45) is 0. The fourth-order valence-electron chi connectivity index (χ4n) is 1.17. The lowest BCUT2D eigenvalue weighted by Gasteiger charge is -1.99. The van der Waals surface area contributed by atoms with Gasteiger partial charge in [0.15, 0.2) is 0 Å². The molecular formula is C11H9ClN2O3S. The number of benzene rings is 1.